The first-order valence-electron chi connectivity index (χ1n) is 10.6. The second-order valence-corrected chi connectivity index (χ2v) is 7.55. The third-order valence-electron chi connectivity index (χ3n) is 5.47. The molecule has 31 heavy (non-hydrogen) atoms. The Bertz CT molecular complexity index is 807. The first-order valence-corrected chi connectivity index (χ1v) is 10.6. The molecule has 0 atom stereocenters. The van der Waals surface area contributed by atoms with E-state index in [1.807, 2.05) is 29.9 Å². The summed E-state index contributed by atoms with van der Waals surface area (Å²) >= 11 is 0. The number of likely N-dealkylation sites (N-methyl/N-ethyl adjacent to an activating group) is 1. The quantitative estimate of drug-likeness (QED) is 0.288. The highest BCUT2D eigenvalue weighted by atomic mass is 127. The fourth-order valence-corrected chi connectivity index (χ4v) is 3.52. The van der Waals surface area contributed by atoms with Gasteiger partial charge in [0.2, 0.25) is 0 Å². The highest BCUT2D eigenvalue weighted by Gasteiger charge is 2.17. The lowest BCUT2D eigenvalue weighted by Gasteiger charge is -2.31. The van der Waals surface area contributed by atoms with Gasteiger partial charge in [-0.1, -0.05) is 12.1 Å². The van der Waals surface area contributed by atoms with Crippen molar-refractivity contribution >= 4 is 29.9 Å². The fraction of sp³-hybridized carbons (Fsp3) is 0.545. The average Bonchev–Trinajstić information content (AvgIpc) is 3.19. The molecule has 1 aromatic heterocycles. The molecule has 1 aliphatic heterocycles. The van der Waals surface area contributed by atoms with Crippen molar-refractivity contribution in [3.8, 4) is 5.75 Å². The Labute approximate surface area is 202 Å². The zero-order chi connectivity index (χ0) is 21.2. The van der Waals surface area contributed by atoms with Crippen LogP contribution in [-0.2, 0) is 24.9 Å². The lowest BCUT2D eigenvalue weighted by Crippen LogP contribution is -2.38. The minimum absolute atomic E-state index is 0. The van der Waals surface area contributed by atoms with Crippen LogP contribution in [-0.4, -0.2) is 67.1 Å². The van der Waals surface area contributed by atoms with Crippen LogP contribution in [0.25, 0.3) is 0 Å². The summed E-state index contributed by atoms with van der Waals surface area (Å²) in [6, 6.07) is 10.8. The van der Waals surface area contributed by atoms with E-state index < -0.39 is 0 Å². The van der Waals surface area contributed by atoms with E-state index in [2.05, 4.69) is 44.8 Å². The zero-order valence-electron chi connectivity index (χ0n) is 18.7. The van der Waals surface area contributed by atoms with Gasteiger partial charge in [0, 0.05) is 52.6 Å². The second kappa shape index (κ2) is 13.5. The Hall–Kier alpha value is -1.85. The van der Waals surface area contributed by atoms with E-state index in [-0.39, 0.29) is 24.0 Å². The van der Waals surface area contributed by atoms with E-state index in [9.17, 15) is 0 Å². The van der Waals surface area contributed by atoms with Crippen molar-refractivity contribution in [3.05, 3.63) is 47.8 Å². The molecule has 2 aromatic rings. The number of ether oxygens (including phenoxy) is 2. The summed E-state index contributed by atoms with van der Waals surface area (Å²) in [5.41, 5.74) is 2.24. The normalized spacial score (nSPS) is 14.9. The van der Waals surface area contributed by atoms with Gasteiger partial charge in [-0.3, -0.25) is 14.6 Å². The minimum atomic E-state index is 0. The Morgan fingerprint density at radius 2 is 2.03 bits per heavy atom. The van der Waals surface area contributed by atoms with Crippen LogP contribution in [0.3, 0.4) is 0 Å². The Morgan fingerprint density at radius 3 is 2.74 bits per heavy atom. The number of benzene rings is 1. The number of halogens is 1. The molecule has 0 aliphatic carbocycles. The smallest absolute Gasteiger partial charge is 0.191 e. The lowest BCUT2D eigenvalue weighted by molar-refractivity contribution is 0.0392. The van der Waals surface area contributed by atoms with Crippen LogP contribution in [0.1, 0.15) is 24.1 Å². The van der Waals surface area contributed by atoms with Gasteiger partial charge in [0.15, 0.2) is 5.96 Å². The Balaban J connectivity index is 0.00000341. The van der Waals surface area contributed by atoms with E-state index in [1.54, 1.807) is 13.2 Å². The maximum absolute atomic E-state index is 5.99. The molecule has 0 spiro atoms. The predicted octanol–water partition coefficient (Wildman–Crippen LogP) is 2.39. The van der Waals surface area contributed by atoms with Crippen LogP contribution in [0.2, 0.25) is 0 Å². The molecular formula is C22H35IN6O2. The van der Waals surface area contributed by atoms with Crippen molar-refractivity contribution in [2.45, 2.75) is 32.0 Å². The summed E-state index contributed by atoms with van der Waals surface area (Å²) in [5.74, 6) is 1.65. The van der Waals surface area contributed by atoms with Gasteiger partial charge in [-0.15, -0.1) is 24.0 Å². The molecule has 2 N–H and O–H groups in total. The Kier molecular flexibility index (Phi) is 11.1. The van der Waals surface area contributed by atoms with Gasteiger partial charge in [0.25, 0.3) is 0 Å². The van der Waals surface area contributed by atoms with Crippen LogP contribution in [0, 0.1) is 0 Å². The van der Waals surface area contributed by atoms with E-state index in [1.165, 1.54) is 0 Å². The van der Waals surface area contributed by atoms with E-state index in [4.69, 9.17) is 9.47 Å². The number of rotatable bonds is 9. The number of hydrogen-bond donors (Lipinski definition) is 2. The summed E-state index contributed by atoms with van der Waals surface area (Å²) in [4.78, 5) is 6.67. The van der Waals surface area contributed by atoms with Gasteiger partial charge >= 0.3 is 0 Å². The number of nitrogens with zero attached hydrogens (tertiary/aromatic N) is 4. The molecule has 0 saturated carbocycles. The van der Waals surface area contributed by atoms with Crippen LogP contribution in [0.4, 0.5) is 0 Å². The maximum Gasteiger partial charge on any atom is 0.191 e. The highest BCUT2D eigenvalue weighted by molar-refractivity contribution is 14.0. The van der Waals surface area contributed by atoms with E-state index in [0.29, 0.717) is 25.7 Å². The molecular weight excluding hydrogens is 507 g/mol. The van der Waals surface area contributed by atoms with Gasteiger partial charge in [-0.25, -0.2) is 0 Å². The number of hydrogen-bond acceptors (Lipinski definition) is 5. The van der Waals surface area contributed by atoms with Crippen molar-refractivity contribution in [2.24, 2.45) is 12.0 Å². The molecule has 3 rings (SSSR count). The molecule has 2 heterocycles. The van der Waals surface area contributed by atoms with E-state index in [0.717, 1.165) is 55.6 Å². The molecule has 1 saturated heterocycles. The number of aliphatic imine (C=N–C) groups is 1. The highest BCUT2D eigenvalue weighted by Crippen LogP contribution is 2.15. The zero-order valence-corrected chi connectivity index (χ0v) is 21.0. The molecule has 1 aromatic carbocycles. The van der Waals surface area contributed by atoms with Gasteiger partial charge in [-0.05, 0) is 43.7 Å². The Morgan fingerprint density at radius 1 is 1.26 bits per heavy atom. The van der Waals surface area contributed by atoms with Crippen LogP contribution < -0.4 is 15.4 Å². The third-order valence-corrected chi connectivity index (χ3v) is 5.47. The fourth-order valence-electron chi connectivity index (χ4n) is 3.52. The van der Waals surface area contributed by atoms with Crippen molar-refractivity contribution in [2.75, 3.05) is 40.5 Å². The molecule has 1 aliphatic rings. The van der Waals surface area contributed by atoms with Gasteiger partial charge < -0.3 is 20.1 Å². The SMILES string of the molecule is CN=C(NCc1cccc(OCCN(C)C2CCOCC2)c1)NCc1ccnn1C.I. The largest absolute Gasteiger partial charge is 0.492 e. The molecule has 9 heteroatoms. The molecule has 8 nitrogen and oxygen atoms in total. The average molecular weight is 542 g/mol. The second-order valence-electron chi connectivity index (χ2n) is 7.55. The summed E-state index contributed by atoms with van der Waals surface area (Å²) in [6.07, 6.45) is 4.00. The number of nitrogens with one attached hydrogen (secondary N) is 2. The molecule has 1 fully saturated rings. The minimum Gasteiger partial charge on any atom is -0.492 e. The number of aromatic nitrogens is 2. The monoisotopic (exact) mass is 542 g/mol. The number of aryl methyl sites for hydroxylation is 1. The lowest BCUT2D eigenvalue weighted by atomic mass is 10.1. The molecule has 0 amide bonds. The third kappa shape index (κ3) is 8.30. The van der Waals surface area contributed by atoms with Crippen LogP contribution in [0.15, 0.2) is 41.5 Å². The standard InChI is InChI=1S/C22H34N6O2.HI/c1-23-22(25-17-20-7-10-26-28(20)3)24-16-18-5-4-6-21(15-18)30-14-11-27(2)19-8-12-29-13-9-19;/h4-7,10,15,19H,8-9,11-14,16-17H2,1-3H3,(H2,23,24,25);1H. The molecule has 0 unspecified atom stereocenters. The number of guanidine groups is 1. The molecule has 0 bridgehead atoms. The van der Waals surface area contributed by atoms with E-state index >= 15 is 0 Å². The van der Waals surface area contributed by atoms with Crippen molar-refractivity contribution in [1.82, 2.24) is 25.3 Å². The summed E-state index contributed by atoms with van der Waals surface area (Å²) in [6.45, 7) is 4.66. The van der Waals surface area contributed by atoms with Gasteiger partial charge in [0.05, 0.1) is 12.2 Å². The van der Waals surface area contributed by atoms with Gasteiger partial charge in [-0.2, -0.15) is 5.10 Å². The molecule has 0 radical (unpaired) electrons. The van der Waals surface area contributed by atoms with Crippen LogP contribution in [0.5, 0.6) is 5.75 Å². The molecule has 172 valence electrons. The van der Waals surface area contributed by atoms with Crippen molar-refractivity contribution < 1.29 is 9.47 Å². The maximum atomic E-state index is 5.99. The topological polar surface area (TPSA) is 75.9 Å². The van der Waals surface area contributed by atoms with Gasteiger partial charge in [0.1, 0.15) is 12.4 Å². The summed E-state index contributed by atoms with van der Waals surface area (Å²) < 4.78 is 13.3. The van der Waals surface area contributed by atoms with Crippen molar-refractivity contribution in [3.63, 3.8) is 0 Å². The van der Waals surface area contributed by atoms with Crippen LogP contribution >= 0.6 is 24.0 Å². The first-order chi connectivity index (χ1) is 14.7. The predicted molar refractivity (Wildman–Crippen MR) is 134 cm³/mol. The van der Waals surface area contributed by atoms with Crippen molar-refractivity contribution in [1.29, 1.82) is 0 Å². The summed E-state index contributed by atoms with van der Waals surface area (Å²) in [7, 11) is 5.87. The first kappa shape index (κ1) is 25.4. The summed E-state index contributed by atoms with van der Waals surface area (Å²) in [5, 5.41) is 10.8.